The van der Waals surface area contributed by atoms with Gasteiger partial charge in [-0.2, -0.15) is 0 Å². The van der Waals surface area contributed by atoms with Crippen LogP contribution in [-0.4, -0.2) is 41.8 Å². The van der Waals surface area contributed by atoms with Crippen molar-refractivity contribution in [2.45, 2.75) is 44.4 Å². The topological polar surface area (TPSA) is 84.9 Å². The molecule has 1 fully saturated rings. The summed E-state index contributed by atoms with van der Waals surface area (Å²) in [5.41, 5.74) is 0.240. The van der Waals surface area contributed by atoms with Crippen LogP contribution < -0.4 is 5.32 Å². The third kappa shape index (κ3) is 5.33. The molecule has 1 saturated heterocycles. The number of carboxylic acids is 1. The molecule has 0 bridgehead atoms. The molecular formula is C17H23NO5. The lowest BCUT2D eigenvalue weighted by molar-refractivity contribution is -0.142. The summed E-state index contributed by atoms with van der Waals surface area (Å²) in [4.78, 5) is 23.5. The highest BCUT2D eigenvalue weighted by molar-refractivity contribution is 5.82. The van der Waals surface area contributed by atoms with Gasteiger partial charge < -0.3 is 19.9 Å². The Morgan fingerprint density at radius 2 is 1.96 bits per heavy atom. The van der Waals surface area contributed by atoms with Crippen molar-refractivity contribution in [3.63, 3.8) is 0 Å². The number of benzene rings is 1. The third-order valence-corrected chi connectivity index (χ3v) is 4.04. The van der Waals surface area contributed by atoms with E-state index in [0.29, 0.717) is 32.7 Å². The van der Waals surface area contributed by atoms with Crippen LogP contribution in [-0.2, 0) is 25.7 Å². The van der Waals surface area contributed by atoms with E-state index in [1.807, 2.05) is 30.3 Å². The van der Waals surface area contributed by atoms with E-state index in [2.05, 4.69) is 5.32 Å². The Morgan fingerprint density at radius 3 is 2.57 bits per heavy atom. The van der Waals surface area contributed by atoms with E-state index >= 15 is 0 Å². The van der Waals surface area contributed by atoms with E-state index in [1.54, 1.807) is 6.92 Å². The zero-order chi connectivity index (χ0) is 16.7. The second-order valence-electron chi connectivity index (χ2n) is 5.89. The number of rotatable bonds is 7. The zero-order valence-electron chi connectivity index (χ0n) is 13.3. The minimum Gasteiger partial charge on any atom is -0.481 e. The zero-order valence-corrected chi connectivity index (χ0v) is 13.3. The van der Waals surface area contributed by atoms with E-state index < -0.39 is 17.6 Å². The molecule has 0 aliphatic carbocycles. The van der Waals surface area contributed by atoms with Crippen molar-refractivity contribution in [2.24, 2.45) is 0 Å². The molecule has 126 valence electrons. The first-order valence-electron chi connectivity index (χ1n) is 7.78. The first-order valence-corrected chi connectivity index (χ1v) is 7.78. The van der Waals surface area contributed by atoms with Gasteiger partial charge in [0.2, 0.25) is 5.91 Å². The van der Waals surface area contributed by atoms with Crippen LogP contribution in [0.4, 0.5) is 0 Å². The average Bonchev–Trinajstić information content (AvgIpc) is 2.53. The molecule has 6 nitrogen and oxygen atoms in total. The van der Waals surface area contributed by atoms with Crippen LogP contribution >= 0.6 is 0 Å². The second kappa shape index (κ2) is 8.08. The lowest BCUT2D eigenvalue weighted by atomic mass is 9.86. The Balaban J connectivity index is 1.90. The molecule has 1 heterocycles. The summed E-state index contributed by atoms with van der Waals surface area (Å²) in [7, 11) is 0. The van der Waals surface area contributed by atoms with Gasteiger partial charge in [0.15, 0.2) is 0 Å². The summed E-state index contributed by atoms with van der Waals surface area (Å²) in [6, 6.07) is 9.59. The number of aliphatic carboxylic acids is 1. The summed E-state index contributed by atoms with van der Waals surface area (Å²) in [6.07, 6.45) is 0.240. The lowest BCUT2D eigenvalue weighted by Gasteiger charge is -2.37. The quantitative estimate of drug-likeness (QED) is 0.799. The van der Waals surface area contributed by atoms with E-state index in [1.165, 1.54) is 0 Å². The summed E-state index contributed by atoms with van der Waals surface area (Å²) < 4.78 is 10.9. The summed E-state index contributed by atoms with van der Waals surface area (Å²) >= 11 is 0. The highest BCUT2D eigenvalue weighted by Gasteiger charge is 2.37. The molecule has 1 aromatic carbocycles. The van der Waals surface area contributed by atoms with E-state index in [9.17, 15) is 9.59 Å². The van der Waals surface area contributed by atoms with Crippen LogP contribution in [0.15, 0.2) is 30.3 Å². The van der Waals surface area contributed by atoms with Crippen LogP contribution in [0.2, 0.25) is 0 Å². The fraction of sp³-hybridized carbons (Fsp3) is 0.529. The Bertz CT molecular complexity index is 525. The molecule has 1 aliphatic rings. The van der Waals surface area contributed by atoms with Crippen molar-refractivity contribution >= 4 is 11.9 Å². The third-order valence-electron chi connectivity index (χ3n) is 4.04. The van der Waals surface area contributed by atoms with Gasteiger partial charge in [0.1, 0.15) is 6.10 Å². The summed E-state index contributed by atoms with van der Waals surface area (Å²) in [6.45, 7) is 2.91. The average molecular weight is 321 g/mol. The van der Waals surface area contributed by atoms with Crippen LogP contribution in [0.1, 0.15) is 31.7 Å². The highest BCUT2D eigenvalue weighted by atomic mass is 16.5. The molecule has 1 aliphatic heterocycles. The number of carbonyl (C=O) groups is 2. The molecule has 0 spiro atoms. The Kier molecular flexibility index (Phi) is 6.12. The van der Waals surface area contributed by atoms with Crippen molar-refractivity contribution in [3.8, 4) is 0 Å². The molecule has 2 N–H and O–H groups in total. The fourth-order valence-electron chi connectivity index (χ4n) is 2.63. The number of hydrogen-bond donors (Lipinski definition) is 2. The molecule has 23 heavy (non-hydrogen) atoms. The first-order chi connectivity index (χ1) is 11.0. The maximum absolute atomic E-state index is 12.3. The van der Waals surface area contributed by atoms with Crippen molar-refractivity contribution in [1.29, 1.82) is 0 Å². The molecule has 1 atom stereocenters. The second-order valence-corrected chi connectivity index (χ2v) is 5.89. The Morgan fingerprint density at radius 1 is 1.30 bits per heavy atom. The van der Waals surface area contributed by atoms with Gasteiger partial charge in [-0.25, -0.2) is 0 Å². The van der Waals surface area contributed by atoms with Crippen LogP contribution in [0.25, 0.3) is 0 Å². The maximum Gasteiger partial charge on any atom is 0.305 e. The van der Waals surface area contributed by atoms with Gasteiger partial charge in [0.05, 0.1) is 18.6 Å². The van der Waals surface area contributed by atoms with Crippen molar-refractivity contribution in [3.05, 3.63) is 35.9 Å². The van der Waals surface area contributed by atoms with Crippen molar-refractivity contribution in [2.75, 3.05) is 13.2 Å². The van der Waals surface area contributed by atoms with Gasteiger partial charge in [-0.3, -0.25) is 9.59 Å². The van der Waals surface area contributed by atoms with Gasteiger partial charge in [-0.05, 0) is 25.3 Å². The Hall–Kier alpha value is -1.92. The van der Waals surface area contributed by atoms with Crippen LogP contribution in [0, 0.1) is 0 Å². The molecule has 0 aromatic heterocycles. The van der Waals surface area contributed by atoms with Gasteiger partial charge in [0, 0.05) is 13.2 Å². The lowest BCUT2D eigenvalue weighted by Crippen LogP contribution is -2.55. The monoisotopic (exact) mass is 321 g/mol. The van der Waals surface area contributed by atoms with Crippen LogP contribution in [0.3, 0.4) is 0 Å². The fourth-order valence-corrected chi connectivity index (χ4v) is 2.63. The number of carbonyl (C=O) groups excluding carboxylic acids is 1. The molecular weight excluding hydrogens is 298 g/mol. The van der Waals surface area contributed by atoms with Crippen molar-refractivity contribution in [1.82, 2.24) is 5.32 Å². The summed E-state index contributed by atoms with van der Waals surface area (Å²) in [5.74, 6) is -1.21. The summed E-state index contributed by atoms with van der Waals surface area (Å²) in [5, 5.41) is 12.0. The van der Waals surface area contributed by atoms with E-state index in [4.69, 9.17) is 14.6 Å². The largest absolute Gasteiger partial charge is 0.481 e. The standard InChI is InChI=1S/C17H23NO5/c1-13(23-12-14-5-3-2-4-6-14)16(21)18-17(11-15(19)20)7-9-22-10-8-17/h2-6,13H,7-12H2,1H3,(H,18,21)(H,19,20). The first kappa shape index (κ1) is 17.4. The van der Waals surface area contributed by atoms with E-state index in [0.717, 1.165) is 5.56 Å². The molecule has 6 heteroatoms. The molecule has 0 saturated carbocycles. The van der Waals surface area contributed by atoms with Gasteiger partial charge in [-0.1, -0.05) is 30.3 Å². The smallest absolute Gasteiger partial charge is 0.305 e. The number of nitrogens with one attached hydrogen (secondary N) is 1. The SMILES string of the molecule is CC(OCc1ccccc1)C(=O)NC1(CC(=O)O)CCOCC1. The predicted octanol–water partition coefficient (Wildman–Crippen LogP) is 1.73. The molecule has 1 amide bonds. The number of hydrogen-bond acceptors (Lipinski definition) is 4. The van der Waals surface area contributed by atoms with Gasteiger partial charge >= 0.3 is 5.97 Å². The minimum absolute atomic E-state index is 0.104. The Labute approximate surface area is 135 Å². The van der Waals surface area contributed by atoms with Crippen molar-refractivity contribution < 1.29 is 24.2 Å². The number of carboxylic acid groups (broad SMARTS) is 1. The maximum atomic E-state index is 12.3. The molecule has 1 aromatic rings. The molecule has 1 unspecified atom stereocenters. The van der Waals surface area contributed by atoms with Crippen LogP contribution in [0.5, 0.6) is 0 Å². The molecule has 2 rings (SSSR count). The molecule has 0 radical (unpaired) electrons. The number of ether oxygens (including phenoxy) is 2. The predicted molar refractivity (Wildman–Crippen MR) is 83.9 cm³/mol. The van der Waals surface area contributed by atoms with E-state index in [-0.39, 0.29) is 12.3 Å². The normalized spacial score (nSPS) is 18.1. The number of amides is 1. The highest BCUT2D eigenvalue weighted by Crippen LogP contribution is 2.25. The van der Waals surface area contributed by atoms with Gasteiger partial charge in [0.25, 0.3) is 0 Å². The van der Waals surface area contributed by atoms with Gasteiger partial charge in [-0.15, -0.1) is 0 Å². The minimum atomic E-state index is -0.926.